The molecular weight excluding hydrogens is 264 g/mol. The Hall–Kier alpha value is -2.06. The van der Waals surface area contributed by atoms with Crippen LogP contribution in [0.3, 0.4) is 0 Å². The number of fused-ring (bicyclic) bond motifs is 1. The predicted octanol–water partition coefficient (Wildman–Crippen LogP) is 2.65. The molecule has 2 aromatic rings. The molecule has 0 bridgehead atoms. The van der Waals surface area contributed by atoms with Gasteiger partial charge in [-0.2, -0.15) is 5.26 Å². The van der Waals surface area contributed by atoms with Gasteiger partial charge in [0.2, 0.25) is 5.91 Å². The summed E-state index contributed by atoms with van der Waals surface area (Å²) >= 11 is 5.91. The fourth-order valence-corrected chi connectivity index (χ4v) is 1.96. The second kappa shape index (κ2) is 5.29. The molecule has 0 unspecified atom stereocenters. The lowest BCUT2D eigenvalue weighted by atomic mass is 10.2. The maximum Gasteiger partial charge on any atom is 0.237 e. The van der Waals surface area contributed by atoms with Crippen molar-refractivity contribution >= 4 is 28.5 Å². The number of nitrogens with one attached hydrogen (secondary N) is 1. The third-order valence-corrected chi connectivity index (χ3v) is 3.30. The number of rotatable bonds is 3. The lowest BCUT2D eigenvalue weighted by Gasteiger charge is -2.22. The molecule has 1 aromatic heterocycles. The van der Waals surface area contributed by atoms with Gasteiger partial charge < -0.3 is 9.88 Å². The van der Waals surface area contributed by atoms with Gasteiger partial charge in [0.1, 0.15) is 12.2 Å². The van der Waals surface area contributed by atoms with Crippen molar-refractivity contribution in [1.29, 1.82) is 5.26 Å². The number of carbonyl (C=O) groups is 1. The molecule has 98 valence electrons. The third kappa shape index (κ3) is 2.69. The number of aromatic amines is 1. The van der Waals surface area contributed by atoms with Crippen LogP contribution in [0.5, 0.6) is 0 Å². The standard InChI is InChI=1S/C13H13ClN4O/c1-8(18(2)12(19)5-6-15)13-16-10-4-3-9(14)7-11(10)17-13/h3-4,7-8H,5H2,1-2H3,(H,16,17)/t8-/m0/s1. The first-order valence-electron chi connectivity index (χ1n) is 5.80. The van der Waals surface area contributed by atoms with Crippen LogP contribution in [-0.4, -0.2) is 27.8 Å². The van der Waals surface area contributed by atoms with E-state index in [9.17, 15) is 4.79 Å². The smallest absolute Gasteiger partial charge is 0.237 e. The van der Waals surface area contributed by atoms with E-state index in [1.165, 1.54) is 4.90 Å². The van der Waals surface area contributed by atoms with E-state index in [0.717, 1.165) is 11.0 Å². The highest BCUT2D eigenvalue weighted by atomic mass is 35.5. The Morgan fingerprint density at radius 1 is 1.63 bits per heavy atom. The van der Waals surface area contributed by atoms with Gasteiger partial charge in [-0.05, 0) is 25.1 Å². The van der Waals surface area contributed by atoms with E-state index in [4.69, 9.17) is 16.9 Å². The molecule has 19 heavy (non-hydrogen) atoms. The Morgan fingerprint density at radius 3 is 3.05 bits per heavy atom. The minimum Gasteiger partial charge on any atom is -0.340 e. The molecule has 0 spiro atoms. The molecule has 1 atom stereocenters. The summed E-state index contributed by atoms with van der Waals surface area (Å²) in [4.78, 5) is 20.7. The molecular formula is C13H13ClN4O. The Labute approximate surface area is 115 Å². The summed E-state index contributed by atoms with van der Waals surface area (Å²) in [6.45, 7) is 1.86. The van der Waals surface area contributed by atoms with Gasteiger partial charge in [-0.25, -0.2) is 4.98 Å². The van der Waals surface area contributed by atoms with Crippen LogP contribution >= 0.6 is 11.6 Å². The molecule has 1 heterocycles. The van der Waals surface area contributed by atoms with Crippen LogP contribution in [0.15, 0.2) is 18.2 Å². The van der Waals surface area contributed by atoms with Crippen LogP contribution in [0.25, 0.3) is 11.0 Å². The van der Waals surface area contributed by atoms with Gasteiger partial charge in [0.05, 0.1) is 23.1 Å². The van der Waals surface area contributed by atoms with Crippen LogP contribution < -0.4 is 0 Å². The molecule has 2 rings (SSSR count). The minimum atomic E-state index is -0.230. The average molecular weight is 277 g/mol. The highest BCUT2D eigenvalue weighted by molar-refractivity contribution is 6.31. The molecule has 5 nitrogen and oxygen atoms in total. The van der Waals surface area contributed by atoms with Crippen molar-refractivity contribution in [2.75, 3.05) is 7.05 Å². The quantitative estimate of drug-likeness (QED) is 0.936. The normalized spacial score (nSPS) is 12.1. The zero-order valence-electron chi connectivity index (χ0n) is 10.6. The van der Waals surface area contributed by atoms with E-state index in [-0.39, 0.29) is 18.4 Å². The van der Waals surface area contributed by atoms with Crippen molar-refractivity contribution < 1.29 is 4.79 Å². The van der Waals surface area contributed by atoms with Crippen LogP contribution in [0.4, 0.5) is 0 Å². The third-order valence-electron chi connectivity index (χ3n) is 3.06. The lowest BCUT2D eigenvalue weighted by Crippen LogP contribution is -2.29. The van der Waals surface area contributed by atoms with Gasteiger partial charge in [0, 0.05) is 12.1 Å². The summed E-state index contributed by atoms with van der Waals surface area (Å²) in [6.07, 6.45) is -0.132. The maximum absolute atomic E-state index is 11.7. The van der Waals surface area contributed by atoms with Gasteiger partial charge in [-0.1, -0.05) is 11.6 Å². The van der Waals surface area contributed by atoms with E-state index < -0.39 is 0 Å². The number of halogens is 1. The molecule has 1 amide bonds. The number of nitrogens with zero attached hydrogens (tertiary/aromatic N) is 3. The first-order valence-corrected chi connectivity index (χ1v) is 6.18. The highest BCUT2D eigenvalue weighted by Gasteiger charge is 2.19. The van der Waals surface area contributed by atoms with Crippen molar-refractivity contribution in [3.8, 4) is 6.07 Å². The summed E-state index contributed by atoms with van der Waals surface area (Å²) < 4.78 is 0. The monoisotopic (exact) mass is 276 g/mol. The summed E-state index contributed by atoms with van der Waals surface area (Å²) in [5.41, 5.74) is 1.63. The number of imidazole rings is 1. The second-order valence-corrected chi connectivity index (χ2v) is 4.74. The fraction of sp³-hybridized carbons (Fsp3) is 0.308. The van der Waals surface area contributed by atoms with E-state index in [0.29, 0.717) is 10.8 Å². The maximum atomic E-state index is 11.7. The number of benzene rings is 1. The van der Waals surface area contributed by atoms with Crippen LogP contribution in [0, 0.1) is 11.3 Å². The molecule has 0 aliphatic rings. The zero-order valence-corrected chi connectivity index (χ0v) is 11.4. The number of aromatic nitrogens is 2. The van der Waals surface area contributed by atoms with Gasteiger partial charge in [0.15, 0.2) is 0 Å². The Bertz CT molecular complexity index is 658. The molecule has 6 heteroatoms. The van der Waals surface area contributed by atoms with E-state index in [1.54, 1.807) is 19.2 Å². The number of amides is 1. The SMILES string of the molecule is C[C@@H](c1nc2ccc(Cl)cc2[nH]1)N(C)C(=O)CC#N. The summed E-state index contributed by atoms with van der Waals surface area (Å²) in [7, 11) is 1.66. The van der Waals surface area contributed by atoms with Crippen molar-refractivity contribution in [2.45, 2.75) is 19.4 Å². The molecule has 0 fully saturated rings. The zero-order chi connectivity index (χ0) is 14.0. The van der Waals surface area contributed by atoms with Crippen LogP contribution in [-0.2, 0) is 4.79 Å². The largest absolute Gasteiger partial charge is 0.340 e. The molecule has 0 radical (unpaired) electrons. The van der Waals surface area contributed by atoms with Gasteiger partial charge in [-0.3, -0.25) is 4.79 Å². The van der Waals surface area contributed by atoms with Crippen molar-refractivity contribution in [2.24, 2.45) is 0 Å². The minimum absolute atomic E-state index is 0.132. The number of carbonyl (C=O) groups excluding carboxylic acids is 1. The summed E-state index contributed by atoms with van der Waals surface area (Å²) in [6, 6.07) is 7.00. The first kappa shape index (κ1) is 13.4. The topological polar surface area (TPSA) is 72.8 Å². The Balaban J connectivity index is 2.29. The van der Waals surface area contributed by atoms with Crippen molar-refractivity contribution in [3.05, 3.63) is 29.0 Å². The van der Waals surface area contributed by atoms with Crippen molar-refractivity contribution in [3.63, 3.8) is 0 Å². The van der Waals surface area contributed by atoms with Crippen molar-refractivity contribution in [1.82, 2.24) is 14.9 Å². The molecule has 1 N–H and O–H groups in total. The average Bonchev–Trinajstić information content (AvgIpc) is 2.80. The first-order chi connectivity index (χ1) is 9.02. The highest BCUT2D eigenvalue weighted by Crippen LogP contribution is 2.22. The summed E-state index contributed by atoms with van der Waals surface area (Å²) in [5.74, 6) is 0.444. The van der Waals surface area contributed by atoms with E-state index in [1.807, 2.05) is 19.1 Å². The predicted molar refractivity (Wildman–Crippen MR) is 72.5 cm³/mol. The second-order valence-electron chi connectivity index (χ2n) is 4.30. The number of nitriles is 1. The molecule has 0 saturated carbocycles. The number of hydrogen-bond donors (Lipinski definition) is 1. The van der Waals surface area contributed by atoms with Gasteiger partial charge in [-0.15, -0.1) is 0 Å². The lowest BCUT2D eigenvalue weighted by molar-refractivity contribution is -0.130. The number of H-pyrrole nitrogens is 1. The van der Waals surface area contributed by atoms with Gasteiger partial charge in [0.25, 0.3) is 0 Å². The Kier molecular flexibility index (Phi) is 3.72. The molecule has 0 aliphatic heterocycles. The molecule has 1 aromatic carbocycles. The van der Waals surface area contributed by atoms with Crippen LogP contribution in [0.2, 0.25) is 5.02 Å². The fourth-order valence-electron chi connectivity index (χ4n) is 1.79. The summed E-state index contributed by atoms with van der Waals surface area (Å²) in [5, 5.41) is 9.18. The van der Waals surface area contributed by atoms with Gasteiger partial charge >= 0.3 is 0 Å². The Morgan fingerprint density at radius 2 is 2.37 bits per heavy atom. The van der Waals surface area contributed by atoms with E-state index >= 15 is 0 Å². The molecule has 0 saturated heterocycles. The number of hydrogen-bond acceptors (Lipinski definition) is 3. The van der Waals surface area contributed by atoms with E-state index in [2.05, 4.69) is 9.97 Å². The molecule has 0 aliphatic carbocycles. The van der Waals surface area contributed by atoms with Crippen LogP contribution in [0.1, 0.15) is 25.2 Å².